The van der Waals surface area contributed by atoms with Crippen molar-refractivity contribution in [2.75, 3.05) is 13.1 Å². The van der Waals surface area contributed by atoms with Crippen LogP contribution in [0.3, 0.4) is 0 Å². The van der Waals surface area contributed by atoms with Crippen LogP contribution in [0.15, 0.2) is 83.1 Å². The summed E-state index contributed by atoms with van der Waals surface area (Å²) >= 11 is 1.53. The summed E-state index contributed by atoms with van der Waals surface area (Å²) < 4.78 is 30.6. The predicted octanol–water partition coefficient (Wildman–Crippen LogP) is 5.60. The molecule has 33 heavy (non-hydrogen) atoms. The fourth-order valence-corrected chi connectivity index (χ4v) is 6.72. The topological polar surface area (TPSA) is 55.2 Å². The van der Waals surface area contributed by atoms with Gasteiger partial charge in [-0.25, -0.2) is 13.4 Å². The van der Waals surface area contributed by atoms with Crippen molar-refractivity contribution >= 4 is 26.9 Å². The lowest BCUT2D eigenvalue weighted by Gasteiger charge is -2.26. The minimum absolute atomic E-state index is 0.355. The van der Waals surface area contributed by atoms with Gasteiger partial charge >= 0.3 is 0 Å². The molecule has 3 heterocycles. The van der Waals surface area contributed by atoms with Crippen molar-refractivity contribution in [1.29, 1.82) is 0 Å². The molecule has 0 bridgehead atoms. The number of sulfonamides is 1. The molecule has 2 aromatic heterocycles. The van der Waals surface area contributed by atoms with E-state index in [0.29, 0.717) is 24.4 Å². The zero-order valence-electron chi connectivity index (χ0n) is 18.6. The van der Waals surface area contributed by atoms with E-state index in [1.807, 2.05) is 78.5 Å². The summed E-state index contributed by atoms with van der Waals surface area (Å²) in [5.74, 6) is 0. The quantitative estimate of drug-likeness (QED) is 0.377. The van der Waals surface area contributed by atoms with Crippen molar-refractivity contribution in [2.24, 2.45) is 7.05 Å². The monoisotopic (exact) mass is 475 g/mol. The van der Waals surface area contributed by atoms with Gasteiger partial charge in [0.2, 0.25) is 10.0 Å². The Balaban J connectivity index is 1.43. The third-order valence-corrected chi connectivity index (χ3v) is 9.06. The molecule has 0 radical (unpaired) electrons. The molecule has 0 unspecified atom stereocenters. The maximum absolute atomic E-state index is 13.5. The molecule has 5 rings (SSSR count). The molecule has 168 valence electrons. The Morgan fingerprint density at radius 3 is 2.27 bits per heavy atom. The first-order valence-electron chi connectivity index (χ1n) is 10.9. The largest absolute Gasteiger partial charge is 0.345 e. The molecule has 0 fully saturated rings. The smallest absolute Gasteiger partial charge is 0.245 e. The van der Waals surface area contributed by atoms with Crippen LogP contribution < -0.4 is 0 Å². The zero-order valence-corrected chi connectivity index (χ0v) is 20.2. The molecule has 1 aliphatic heterocycles. The lowest BCUT2D eigenvalue weighted by atomic mass is 10.0. The van der Waals surface area contributed by atoms with Crippen molar-refractivity contribution in [3.8, 4) is 22.0 Å². The van der Waals surface area contributed by atoms with Crippen LogP contribution in [0.25, 0.3) is 27.5 Å². The number of hydrogen-bond acceptors (Lipinski definition) is 4. The first-order chi connectivity index (χ1) is 15.9. The van der Waals surface area contributed by atoms with E-state index in [-0.39, 0.29) is 0 Å². The van der Waals surface area contributed by atoms with E-state index in [1.165, 1.54) is 16.9 Å². The van der Waals surface area contributed by atoms with Crippen LogP contribution in [0, 0.1) is 6.92 Å². The van der Waals surface area contributed by atoms with Crippen LogP contribution in [0.4, 0.5) is 0 Å². The summed E-state index contributed by atoms with van der Waals surface area (Å²) in [5.41, 5.74) is 5.84. The molecule has 0 atom stereocenters. The number of rotatable bonds is 5. The van der Waals surface area contributed by atoms with Crippen LogP contribution >= 0.6 is 11.3 Å². The molecule has 2 aromatic carbocycles. The van der Waals surface area contributed by atoms with Crippen LogP contribution in [0.2, 0.25) is 0 Å². The average Bonchev–Trinajstić information content (AvgIpc) is 3.46. The number of aromatic nitrogens is 2. The lowest BCUT2D eigenvalue weighted by molar-refractivity contribution is 0.440. The number of nitrogens with zero attached hydrogens (tertiary/aromatic N) is 3. The van der Waals surface area contributed by atoms with Crippen LogP contribution in [0.1, 0.15) is 17.7 Å². The molecule has 0 amide bonds. The molecule has 0 saturated heterocycles. The van der Waals surface area contributed by atoms with Gasteiger partial charge in [0.1, 0.15) is 9.90 Å². The highest BCUT2D eigenvalue weighted by molar-refractivity contribution is 7.89. The molecule has 1 aliphatic rings. The summed E-state index contributed by atoms with van der Waals surface area (Å²) in [6.07, 6.45) is 2.73. The second-order valence-electron chi connectivity index (χ2n) is 8.15. The van der Waals surface area contributed by atoms with E-state index in [4.69, 9.17) is 4.98 Å². The van der Waals surface area contributed by atoms with E-state index in [0.717, 1.165) is 33.2 Å². The maximum Gasteiger partial charge on any atom is 0.245 e. The lowest BCUT2D eigenvalue weighted by Crippen LogP contribution is -2.34. The Bertz CT molecular complexity index is 1420. The molecule has 0 saturated carbocycles. The zero-order chi connectivity index (χ0) is 23.0. The summed E-state index contributed by atoms with van der Waals surface area (Å²) in [6, 6.07) is 21.9. The van der Waals surface area contributed by atoms with E-state index in [9.17, 15) is 8.42 Å². The summed E-state index contributed by atoms with van der Waals surface area (Å²) in [6.45, 7) is 2.71. The van der Waals surface area contributed by atoms with Gasteiger partial charge in [0.05, 0.1) is 11.4 Å². The normalized spacial score (nSPS) is 14.9. The van der Waals surface area contributed by atoms with Crippen molar-refractivity contribution in [2.45, 2.75) is 18.2 Å². The SMILES string of the molecule is Cc1c(S(=O)(=O)N2CC=C(c3ccccc3)CC2)cc(-c2nc(-c3ccccc3)cs2)n1C. The van der Waals surface area contributed by atoms with Gasteiger partial charge in [0, 0.05) is 36.8 Å². The van der Waals surface area contributed by atoms with Gasteiger partial charge in [-0.2, -0.15) is 4.31 Å². The first kappa shape index (κ1) is 21.8. The Morgan fingerprint density at radius 2 is 1.64 bits per heavy atom. The predicted molar refractivity (Wildman–Crippen MR) is 134 cm³/mol. The molecule has 0 spiro atoms. The van der Waals surface area contributed by atoms with Gasteiger partial charge in [-0.05, 0) is 30.5 Å². The van der Waals surface area contributed by atoms with Crippen molar-refractivity contribution in [1.82, 2.24) is 13.9 Å². The van der Waals surface area contributed by atoms with Gasteiger partial charge < -0.3 is 4.57 Å². The number of benzene rings is 2. The van der Waals surface area contributed by atoms with E-state index in [2.05, 4.69) is 12.1 Å². The third kappa shape index (κ3) is 4.08. The second-order valence-corrected chi connectivity index (χ2v) is 10.9. The van der Waals surface area contributed by atoms with E-state index in [1.54, 1.807) is 10.4 Å². The minimum Gasteiger partial charge on any atom is -0.345 e. The van der Waals surface area contributed by atoms with E-state index >= 15 is 0 Å². The maximum atomic E-state index is 13.5. The van der Waals surface area contributed by atoms with Crippen molar-refractivity contribution in [3.63, 3.8) is 0 Å². The molecular formula is C26H25N3O2S2. The van der Waals surface area contributed by atoms with Crippen molar-refractivity contribution < 1.29 is 8.42 Å². The van der Waals surface area contributed by atoms with Gasteiger partial charge in [0.25, 0.3) is 0 Å². The molecule has 7 heteroatoms. The Morgan fingerprint density at radius 1 is 0.970 bits per heavy atom. The minimum atomic E-state index is -3.61. The van der Waals surface area contributed by atoms with Gasteiger partial charge in [-0.1, -0.05) is 66.7 Å². The summed E-state index contributed by atoms with van der Waals surface area (Å²) in [7, 11) is -1.71. The fourth-order valence-electron chi connectivity index (χ4n) is 4.19. The first-order valence-corrected chi connectivity index (χ1v) is 13.2. The highest BCUT2D eigenvalue weighted by atomic mass is 32.2. The Labute approximate surface area is 198 Å². The molecule has 0 N–H and O–H groups in total. The van der Waals surface area contributed by atoms with Crippen LogP contribution in [-0.4, -0.2) is 35.4 Å². The Kier molecular flexibility index (Phi) is 5.78. The second kappa shape index (κ2) is 8.74. The van der Waals surface area contributed by atoms with Gasteiger partial charge in [-0.3, -0.25) is 0 Å². The highest BCUT2D eigenvalue weighted by Crippen LogP contribution is 2.34. The number of thiazole rings is 1. The molecule has 4 aromatic rings. The standard InChI is InChI=1S/C26H25N3O2S2/c1-19-25(33(30,31)29-15-13-21(14-16-29)20-9-5-3-6-10-20)17-24(28(19)2)26-27-23(18-32-26)22-11-7-4-8-12-22/h3-13,17-18H,14-16H2,1-2H3. The fraction of sp³-hybridized carbons (Fsp3) is 0.192. The van der Waals surface area contributed by atoms with Gasteiger partial charge in [-0.15, -0.1) is 11.3 Å². The van der Waals surface area contributed by atoms with E-state index < -0.39 is 10.0 Å². The summed E-state index contributed by atoms with van der Waals surface area (Å²) in [4.78, 5) is 5.14. The van der Waals surface area contributed by atoms with Gasteiger partial charge in [0.15, 0.2) is 0 Å². The third-order valence-electron chi connectivity index (χ3n) is 6.22. The molecular weight excluding hydrogens is 450 g/mol. The molecule has 0 aliphatic carbocycles. The van der Waals surface area contributed by atoms with Crippen LogP contribution in [0.5, 0.6) is 0 Å². The van der Waals surface area contributed by atoms with Crippen molar-refractivity contribution in [3.05, 3.63) is 89.4 Å². The average molecular weight is 476 g/mol. The highest BCUT2D eigenvalue weighted by Gasteiger charge is 2.30. The molecule has 5 nitrogen and oxygen atoms in total. The number of hydrogen-bond donors (Lipinski definition) is 0. The summed E-state index contributed by atoms with van der Waals surface area (Å²) in [5, 5.41) is 2.83. The van der Waals surface area contributed by atoms with Crippen LogP contribution in [-0.2, 0) is 17.1 Å². The Hall–Kier alpha value is -3.00.